The number of hydrogen-bond donors (Lipinski definition) is 1. The molecule has 214 valence electrons. The molecule has 0 unspecified atom stereocenters. The molecule has 0 saturated carbocycles. The van der Waals surface area contributed by atoms with E-state index in [1.165, 1.54) is 0 Å². The first-order chi connectivity index (χ1) is 19.4. The number of aromatic nitrogens is 3. The summed E-state index contributed by atoms with van der Waals surface area (Å²) in [5, 5.41) is 10.1. The summed E-state index contributed by atoms with van der Waals surface area (Å²) in [6, 6.07) is 18.1. The number of pyridine rings is 1. The number of carbonyl (C=O) groups is 1. The first-order valence-corrected chi connectivity index (χ1v) is 14.0. The zero-order valence-electron chi connectivity index (χ0n) is 22.7. The molecular weight excluding hydrogens is 718 g/mol. The van der Waals surface area contributed by atoms with Gasteiger partial charge in [-0.15, -0.1) is 17.7 Å². The number of aromatic carboxylic acids is 1. The third-order valence-electron chi connectivity index (χ3n) is 7.84. The summed E-state index contributed by atoms with van der Waals surface area (Å²) in [6.07, 6.45) is 5.45. The van der Waals surface area contributed by atoms with E-state index in [2.05, 4.69) is 26.6 Å². The van der Waals surface area contributed by atoms with Crippen LogP contribution < -0.4 is 4.74 Å². The van der Waals surface area contributed by atoms with Gasteiger partial charge in [0.05, 0.1) is 35.8 Å². The number of fused-ring (bicyclic) bond motifs is 1. The van der Waals surface area contributed by atoms with Gasteiger partial charge in [-0.3, -0.25) is 9.88 Å². The van der Waals surface area contributed by atoms with Gasteiger partial charge in [-0.2, -0.15) is 24.3 Å². The van der Waals surface area contributed by atoms with Gasteiger partial charge in [-0.05, 0) is 62.4 Å². The summed E-state index contributed by atoms with van der Waals surface area (Å²) < 4.78 is 14.1. The zero-order valence-corrected chi connectivity index (χ0v) is 26.0. The van der Waals surface area contributed by atoms with Crippen molar-refractivity contribution in [3.63, 3.8) is 0 Å². The Morgan fingerprint density at radius 1 is 1.22 bits per heavy atom. The molecular formula is C31H31ClN4O4Os. The summed E-state index contributed by atoms with van der Waals surface area (Å²) in [4.78, 5) is 23.3. The second-order valence-electron chi connectivity index (χ2n) is 10.5. The fourth-order valence-electron chi connectivity index (χ4n) is 5.50. The predicted molar refractivity (Wildman–Crippen MR) is 151 cm³/mol. The van der Waals surface area contributed by atoms with Gasteiger partial charge in [0.25, 0.3) is 0 Å². The maximum atomic E-state index is 11.6. The van der Waals surface area contributed by atoms with E-state index >= 15 is 0 Å². The Hall–Kier alpha value is -2.95. The van der Waals surface area contributed by atoms with E-state index in [1.807, 2.05) is 25.1 Å². The fraction of sp³-hybridized carbons (Fsp3) is 0.355. The molecule has 0 aliphatic carbocycles. The SMILES string of the molecule is C[C-](Oc1[c-]cccc1C1CCN(Cc2nc3ccc(C(=O)O)cc3n2C[C@@H]2CCO2)CC1)c1ccc(Cl)cn1.[Os+2]. The van der Waals surface area contributed by atoms with Crippen LogP contribution in [0.15, 0.2) is 54.7 Å². The Morgan fingerprint density at radius 3 is 2.71 bits per heavy atom. The molecule has 2 aromatic carbocycles. The minimum atomic E-state index is -0.933. The number of carboxylic acid groups (broad SMARTS) is 1. The molecule has 2 aromatic heterocycles. The maximum Gasteiger partial charge on any atom is 2.00 e. The standard InChI is InChI=1S/C31H31ClN4O4.Os/c1-20(26-9-7-23(32)17-33-26)40-29-5-3-2-4-25(29)21-10-13-35(14-11-21)19-30-34-27-8-6-22(31(37)38)16-28(27)36(30)18-24-12-15-39-24;/h2-4,6-9,16-17,21,24H,10-15,18-19H2,1H3,(H,37,38);/q-2;+2/t24-;/m0./s1. The van der Waals surface area contributed by atoms with Gasteiger partial charge in [0.2, 0.25) is 0 Å². The van der Waals surface area contributed by atoms with Gasteiger partial charge in [0, 0.05) is 17.8 Å². The molecule has 4 heterocycles. The normalized spacial score (nSPS) is 17.6. The van der Waals surface area contributed by atoms with Crippen LogP contribution in [0.3, 0.4) is 0 Å². The Morgan fingerprint density at radius 2 is 2.02 bits per heavy atom. The van der Waals surface area contributed by atoms with Gasteiger partial charge in [-0.25, -0.2) is 9.78 Å². The molecule has 41 heavy (non-hydrogen) atoms. The van der Waals surface area contributed by atoms with Crippen LogP contribution in [0.4, 0.5) is 0 Å². The summed E-state index contributed by atoms with van der Waals surface area (Å²) in [7, 11) is 0. The van der Waals surface area contributed by atoms with Gasteiger partial charge < -0.3 is 19.1 Å². The summed E-state index contributed by atoms with van der Waals surface area (Å²) in [5.74, 6) is 1.11. The quantitative estimate of drug-likeness (QED) is 0.219. The average molecular weight is 749 g/mol. The minimum Gasteiger partial charge on any atom is -0.570 e. The largest absolute Gasteiger partial charge is 2.00 e. The number of benzene rings is 2. The van der Waals surface area contributed by atoms with Crippen molar-refractivity contribution in [3.8, 4) is 5.75 Å². The molecule has 8 nitrogen and oxygen atoms in total. The molecule has 10 heteroatoms. The van der Waals surface area contributed by atoms with Crippen molar-refractivity contribution in [2.45, 2.75) is 51.3 Å². The Labute approximate surface area is 257 Å². The van der Waals surface area contributed by atoms with Crippen molar-refractivity contribution in [1.82, 2.24) is 19.4 Å². The van der Waals surface area contributed by atoms with Crippen molar-refractivity contribution >= 4 is 28.6 Å². The molecule has 4 aromatic rings. The molecule has 1 N–H and O–H groups in total. The molecule has 2 aliphatic rings. The van der Waals surface area contributed by atoms with E-state index < -0.39 is 5.97 Å². The van der Waals surface area contributed by atoms with Gasteiger partial charge >= 0.3 is 25.8 Å². The van der Waals surface area contributed by atoms with Gasteiger partial charge in [0.15, 0.2) is 0 Å². The van der Waals surface area contributed by atoms with E-state index in [0.717, 1.165) is 72.8 Å². The van der Waals surface area contributed by atoms with E-state index in [4.69, 9.17) is 26.1 Å². The second-order valence-corrected chi connectivity index (χ2v) is 10.9. The average Bonchev–Trinajstić information content (AvgIpc) is 3.27. The van der Waals surface area contributed by atoms with Crippen LogP contribution in [0, 0.1) is 12.2 Å². The van der Waals surface area contributed by atoms with E-state index in [9.17, 15) is 9.90 Å². The molecule has 2 fully saturated rings. The first-order valence-electron chi connectivity index (χ1n) is 13.6. The summed E-state index contributed by atoms with van der Waals surface area (Å²) in [6.45, 7) is 5.91. The molecule has 0 bridgehead atoms. The van der Waals surface area contributed by atoms with Crippen molar-refractivity contribution in [2.24, 2.45) is 0 Å². The third kappa shape index (κ3) is 6.60. The van der Waals surface area contributed by atoms with Crippen LogP contribution >= 0.6 is 11.6 Å². The molecule has 0 spiro atoms. The van der Waals surface area contributed by atoms with Crippen molar-refractivity contribution in [1.29, 1.82) is 0 Å². The monoisotopic (exact) mass is 750 g/mol. The second kappa shape index (κ2) is 12.9. The number of likely N-dealkylation sites (tertiary alicyclic amines) is 1. The number of nitrogens with zero attached hydrogens (tertiary/aromatic N) is 4. The van der Waals surface area contributed by atoms with Crippen molar-refractivity contribution in [2.75, 3.05) is 19.7 Å². The first kappa shape index (κ1) is 29.5. The number of carboxylic acids is 1. The molecule has 0 amide bonds. The van der Waals surface area contributed by atoms with Crippen LogP contribution in [-0.2, 0) is 37.6 Å². The number of rotatable bonds is 9. The number of para-hydroxylation sites is 1. The predicted octanol–water partition coefficient (Wildman–Crippen LogP) is 5.73. The molecule has 1 atom stereocenters. The number of piperidine rings is 1. The summed E-state index contributed by atoms with van der Waals surface area (Å²) in [5.41, 5.74) is 3.84. The van der Waals surface area contributed by atoms with E-state index in [1.54, 1.807) is 30.5 Å². The van der Waals surface area contributed by atoms with Gasteiger partial charge in [0.1, 0.15) is 5.82 Å². The maximum absolute atomic E-state index is 11.6. The Bertz CT molecular complexity index is 1500. The summed E-state index contributed by atoms with van der Waals surface area (Å²) >= 11 is 5.99. The Balaban J connectivity index is 0.00000337. The number of halogens is 1. The smallest absolute Gasteiger partial charge is 0.570 e. The van der Waals surface area contributed by atoms with Crippen LogP contribution in [0.2, 0.25) is 5.02 Å². The van der Waals surface area contributed by atoms with E-state index in [0.29, 0.717) is 30.1 Å². The topological polar surface area (TPSA) is 89.7 Å². The molecule has 2 aliphatic heterocycles. The van der Waals surface area contributed by atoms with Crippen molar-refractivity contribution in [3.05, 3.63) is 94.6 Å². The minimum absolute atomic E-state index is 0. The van der Waals surface area contributed by atoms with Crippen LogP contribution in [0.5, 0.6) is 5.75 Å². The Kier molecular flexibility index (Phi) is 9.30. The van der Waals surface area contributed by atoms with Crippen molar-refractivity contribution < 1.29 is 39.2 Å². The zero-order chi connectivity index (χ0) is 27.6. The van der Waals surface area contributed by atoms with Crippen LogP contribution in [0.25, 0.3) is 11.0 Å². The fourth-order valence-corrected chi connectivity index (χ4v) is 5.61. The van der Waals surface area contributed by atoms with Gasteiger partial charge in [-0.1, -0.05) is 30.1 Å². The number of imidazole rings is 1. The van der Waals surface area contributed by atoms with Crippen LogP contribution in [0.1, 0.15) is 59.5 Å². The number of hydrogen-bond acceptors (Lipinski definition) is 6. The van der Waals surface area contributed by atoms with Crippen LogP contribution in [-0.4, -0.2) is 56.3 Å². The third-order valence-corrected chi connectivity index (χ3v) is 8.06. The van der Waals surface area contributed by atoms with E-state index in [-0.39, 0.29) is 31.5 Å². The molecule has 6 rings (SSSR count). The molecule has 2 saturated heterocycles. The molecule has 0 radical (unpaired) electrons. The number of ether oxygens (including phenoxy) is 2.